The molecule has 11 heteroatoms. The number of esters is 1. The molecule has 0 aliphatic rings. The summed E-state index contributed by atoms with van der Waals surface area (Å²) in [5.41, 5.74) is 2.00. The van der Waals surface area contributed by atoms with E-state index in [0.717, 1.165) is 5.52 Å². The van der Waals surface area contributed by atoms with Crippen LogP contribution >= 0.6 is 11.8 Å². The van der Waals surface area contributed by atoms with Crippen LogP contribution in [-0.2, 0) is 15.3 Å². The number of amides is 1. The summed E-state index contributed by atoms with van der Waals surface area (Å²) in [4.78, 5) is 40.0. The Morgan fingerprint density at radius 3 is 2.66 bits per heavy atom. The van der Waals surface area contributed by atoms with Gasteiger partial charge in [0.25, 0.3) is 16.8 Å². The molecule has 0 fully saturated rings. The maximum atomic E-state index is 12.7. The molecule has 0 bridgehead atoms. The number of para-hydroxylation sites is 2. The molecule has 0 unspecified atom stereocenters. The van der Waals surface area contributed by atoms with Crippen LogP contribution in [0.25, 0.3) is 11.1 Å². The molecular weight excluding hydrogens is 474 g/mol. The quantitative estimate of drug-likeness (QED) is 0.150. The van der Waals surface area contributed by atoms with E-state index in [1.807, 2.05) is 24.3 Å². The van der Waals surface area contributed by atoms with E-state index >= 15 is 0 Å². The van der Waals surface area contributed by atoms with Crippen LogP contribution in [0.1, 0.15) is 15.9 Å². The molecule has 4 rings (SSSR count). The van der Waals surface area contributed by atoms with Crippen molar-refractivity contribution in [2.24, 2.45) is 0 Å². The molecule has 1 aromatic heterocycles. The van der Waals surface area contributed by atoms with Crippen LogP contribution in [0.5, 0.6) is 5.75 Å². The summed E-state index contributed by atoms with van der Waals surface area (Å²) >= 11 is 1.33. The van der Waals surface area contributed by atoms with Crippen molar-refractivity contribution in [2.45, 2.75) is 11.0 Å². The number of hydrogen-bond donors (Lipinski definition) is 1. The first-order chi connectivity index (χ1) is 16.9. The number of nitrogens with one attached hydrogen (secondary N) is 1. The number of benzene rings is 3. The number of nitrogens with zero attached hydrogens (tertiary/aromatic N) is 2. The Morgan fingerprint density at radius 2 is 1.89 bits per heavy atom. The summed E-state index contributed by atoms with van der Waals surface area (Å²) in [5, 5.41) is 14.1. The molecule has 3 aromatic carbocycles. The zero-order chi connectivity index (χ0) is 24.8. The van der Waals surface area contributed by atoms with Crippen LogP contribution in [0, 0.1) is 10.1 Å². The third-order valence-electron chi connectivity index (χ3n) is 4.87. The second-order valence-electron chi connectivity index (χ2n) is 7.16. The molecule has 0 spiro atoms. The maximum Gasteiger partial charge on any atom is 0.338 e. The Morgan fingerprint density at radius 1 is 1.11 bits per heavy atom. The number of nitro groups is 1. The molecule has 0 radical (unpaired) electrons. The fraction of sp³-hybridized carbons (Fsp3) is 0.125. The summed E-state index contributed by atoms with van der Waals surface area (Å²) < 4.78 is 15.8. The summed E-state index contributed by atoms with van der Waals surface area (Å²) in [6.07, 6.45) is 0. The fourth-order valence-electron chi connectivity index (χ4n) is 3.19. The smallest absolute Gasteiger partial charge is 0.338 e. The maximum absolute atomic E-state index is 12.7. The summed E-state index contributed by atoms with van der Waals surface area (Å²) in [5.74, 6) is -0.751. The van der Waals surface area contributed by atoms with E-state index in [0.29, 0.717) is 27.7 Å². The second-order valence-corrected chi connectivity index (χ2v) is 8.08. The van der Waals surface area contributed by atoms with E-state index in [2.05, 4.69) is 10.3 Å². The average molecular weight is 493 g/mol. The Hall–Kier alpha value is -4.38. The number of oxazole rings is 1. The van der Waals surface area contributed by atoms with Gasteiger partial charge in [-0.2, -0.15) is 0 Å². The lowest BCUT2D eigenvalue weighted by atomic mass is 10.1. The van der Waals surface area contributed by atoms with Crippen LogP contribution in [-0.4, -0.2) is 35.5 Å². The summed E-state index contributed by atoms with van der Waals surface area (Å²) in [7, 11) is 1.38. The van der Waals surface area contributed by atoms with Crippen LogP contribution in [0.3, 0.4) is 0 Å². The minimum Gasteiger partial charge on any atom is -0.496 e. The number of fused-ring (bicyclic) bond motifs is 1. The van der Waals surface area contributed by atoms with Crippen LogP contribution in [0.4, 0.5) is 11.4 Å². The Kier molecular flexibility index (Phi) is 7.27. The van der Waals surface area contributed by atoms with E-state index in [1.165, 1.54) is 37.1 Å². The third-order valence-corrected chi connectivity index (χ3v) is 5.75. The van der Waals surface area contributed by atoms with Crippen molar-refractivity contribution in [1.29, 1.82) is 0 Å². The van der Waals surface area contributed by atoms with Gasteiger partial charge in [-0.25, -0.2) is 9.78 Å². The molecule has 35 heavy (non-hydrogen) atoms. The first kappa shape index (κ1) is 23.8. The van der Waals surface area contributed by atoms with E-state index in [-0.39, 0.29) is 17.1 Å². The van der Waals surface area contributed by atoms with Gasteiger partial charge in [0.2, 0.25) is 0 Å². The largest absolute Gasteiger partial charge is 0.496 e. The third kappa shape index (κ3) is 5.76. The minimum absolute atomic E-state index is 0.0352. The number of carbonyl (C=O) groups is 2. The zero-order valence-corrected chi connectivity index (χ0v) is 19.2. The van der Waals surface area contributed by atoms with Gasteiger partial charge < -0.3 is 19.2 Å². The lowest BCUT2D eigenvalue weighted by Gasteiger charge is -2.10. The Balaban J connectivity index is 1.38. The van der Waals surface area contributed by atoms with E-state index in [1.54, 1.807) is 24.3 Å². The van der Waals surface area contributed by atoms with Crippen LogP contribution < -0.4 is 10.1 Å². The molecule has 0 atom stereocenters. The van der Waals surface area contributed by atoms with Crippen molar-refractivity contribution >= 4 is 46.1 Å². The van der Waals surface area contributed by atoms with Gasteiger partial charge in [-0.1, -0.05) is 42.1 Å². The molecule has 0 aliphatic heterocycles. The minimum atomic E-state index is -0.718. The number of rotatable bonds is 9. The van der Waals surface area contributed by atoms with Gasteiger partial charge in [-0.15, -0.1) is 0 Å². The van der Waals surface area contributed by atoms with Gasteiger partial charge in [0, 0.05) is 5.75 Å². The molecule has 1 amide bonds. The van der Waals surface area contributed by atoms with Crippen LogP contribution in [0.15, 0.2) is 76.4 Å². The van der Waals surface area contributed by atoms with Gasteiger partial charge >= 0.3 is 5.97 Å². The van der Waals surface area contributed by atoms with Gasteiger partial charge in [0.15, 0.2) is 12.2 Å². The molecule has 1 heterocycles. The normalized spacial score (nSPS) is 10.7. The standard InChI is InChI=1S/C24H19N3O7S/c1-32-16-10-11-18(20(12-16)27(30)31)25-22(28)13-33-23(29)17-7-3-2-6-15(17)14-35-24-26-19-8-4-5-9-21(19)34-24/h2-12H,13-14H2,1H3,(H,25,28). The highest BCUT2D eigenvalue weighted by Gasteiger charge is 2.19. The van der Waals surface area contributed by atoms with Gasteiger partial charge in [0.05, 0.1) is 23.7 Å². The number of anilines is 1. The lowest BCUT2D eigenvalue weighted by molar-refractivity contribution is -0.384. The predicted molar refractivity (Wildman–Crippen MR) is 129 cm³/mol. The average Bonchev–Trinajstić information content (AvgIpc) is 3.29. The van der Waals surface area contributed by atoms with Gasteiger partial charge in [-0.05, 0) is 35.9 Å². The first-order valence-corrected chi connectivity index (χ1v) is 11.3. The Bertz CT molecular complexity index is 1370. The molecule has 4 aromatic rings. The van der Waals surface area contributed by atoms with Crippen molar-refractivity contribution in [3.8, 4) is 5.75 Å². The number of ether oxygens (including phenoxy) is 2. The van der Waals surface area contributed by atoms with E-state index in [9.17, 15) is 19.7 Å². The van der Waals surface area contributed by atoms with Gasteiger partial charge in [-0.3, -0.25) is 14.9 Å². The fourth-order valence-corrected chi connectivity index (χ4v) is 4.03. The van der Waals surface area contributed by atoms with Crippen molar-refractivity contribution in [3.63, 3.8) is 0 Å². The number of methoxy groups -OCH3 is 1. The summed E-state index contributed by atoms with van der Waals surface area (Å²) in [6.45, 7) is -0.616. The van der Waals surface area contributed by atoms with Crippen LogP contribution in [0.2, 0.25) is 0 Å². The zero-order valence-electron chi connectivity index (χ0n) is 18.4. The highest BCUT2D eigenvalue weighted by Crippen LogP contribution is 2.29. The molecule has 0 saturated heterocycles. The monoisotopic (exact) mass is 493 g/mol. The number of carbonyl (C=O) groups excluding carboxylic acids is 2. The molecule has 10 nitrogen and oxygen atoms in total. The SMILES string of the molecule is COc1ccc(NC(=O)COC(=O)c2ccccc2CSc2nc3ccccc3o2)c([N+](=O)[O-])c1. The molecule has 178 valence electrons. The molecule has 0 saturated carbocycles. The highest BCUT2D eigenvalue weighted by atomic mass is 32.2. The highest BCUT2D eigenvalue weighted by molar-refractivity contribution is 7.98. The Labute approximate surface area is 203 Å². The predicted octanol–water partition coefficient (Wildman–Crippen LogP) is 4.83. The van der Waals surface area contributed by atoms with Crippen molar-refractivity contribution in [2.75, 3.05) is 19.0 Å². The van der Waals surface area contributed by atoms with E-state index in [4.69, 9.17) is 13.9 Å². The molecule has 0 aliphatic carbocycles. The van der Waals surface area contributed by atoms with Gasteiger partial charge in [0.1, 0.15) is 17.0 Å². The summed E-state index contributed by atoms with van der Waals surface area (Å²) in [6, 6.07) is 18.2. The topological polar surface area (TPSA) is 134 Å². The number of nitro benzene ring substituents is 1. The van der Waals surface area contributed by atoms with E-state index < -0.39 is 23.4 Å². The lowest BCUT2D eigenvalue weighted by Crippen LogP contribution is -2.21. The molecular formula is C24H19N3O7S. The number of thioether (sulfide) groups is 1. The van der Waals surface area contributed by atoms with Crippen molar-refractivity contribution in [3.05, 3.63) is 88.0 Å². The number of aromatic nitrogens is 1. The molecule has 1 N–H and O–H groups in total. The van der Waals surface area contributed by atoms with Crippen molar-refractivity contribution in [1.82, 2.24) is 4.98 Å². The number of hydrogen-bond acceptors (Lipinski definition) is 9. The van der Waals surface area contributed by atoms with Crippen molar-refractivity contribution < 1.29 is 28.4 Å². The first-order valence-electron chi connectivity index (χ1n) is 10.3. The second kappa shape index (κ2) is 10.7.